The second-order valence-corrected chi connectivity index (χ2v) is 5.17. The van der Waals surface area contributed by atoms with Crippen LogP contribution in [0, 0.1) is 10.1 Å². The lowest BCUT2D eigenvalue weighted by Gasteiger charge is -2.08. The number of non-ortho nitro benzene ring substituents is 1. The number of amides is 1. The van der Waals surface area contributed by atoms with Crippen LogP contribution < -0.4 is 10.1 Å². The Morgan fingerprint density at radius 1 is 1.53 bits per heavy atom. The van der Waals surface area contributed by atoms with Gasteiger partial charge in [-0.2, -0.15) is 0 Å². The predicted molar refractivity (Wildman–Crippen MR) is 72.1 cm³/mol. The molecule has 6 nitrogen and oxygen atoms in total. The third kappa shape index (κ3) is 4.20. The fraction of sp³-hybridized carbons (Fsp3) is 0.417. The molecule has 1 aliphatic carbocycles. The summed E-state index contributed by atoms with van der Waals surface area (Å²) in [4.78, 5) is 21.6. The molecule has 0 saturated heterocycles. The van der Waals surface area contributed by atoms with Crippen molar-refractivity contribution in [3.8, 4) is 5.75 Å². The average Bonchev–Trinajstić information content (AvgIpc) is 3.15. The molecule has 102 valence electrons. The van der Waals surface area contributed by atoms with Gasteiger partial charge < -0.3 is 10.1 Å². The van der Waals surface area contributed by atoms with Gasteiger partial charge in [0.15, 0.2) is 0 Å². The Morgan fingerprint density at radius 2 is 2.26 bits per heavy atom. The van der Waals surface area contributed by atoms with E-state index in [9.17, 15) is 14.9 Å². The van der Waals surface area contributed by atoms with Crippen molar-refractivity contribution >= 4 is 27.5 Å². The highest BCUT2D eigenvalue weighted by Crippen LogP contribution is 2.29. The molecule has 0 heterocycles. The Hall–Kier alpha value is -1.63. The zero-order chi connectivity index (χ0) is 13.8. The van der Waals surface area contributed by atoms with E-state index in [1.165, 1.54) is 12.1 Å². The zero-order valence-corrected chi connectivity index (χ0v) is 11.7. The molecular formula is C12H13BrN2O4. The Morgan fingerprint density at radius 3 is 2.89 bits per heavy atom. The number of ether oxygens (including phenoxy) is 1. The van der Waals surface area contributed by atoms with Gasteiger partial charge in [-0.15, -0.1) is 0 Å². The second-order valence-electron chi connectivity index (χ2n) is 4.31. The molecule has 0 radical (unpaired) electrons. The first-order chi connectivity index (χ1) is 9.06. The number of nitrogens with zero attached hydrogens (tertiary/aromatic N) is 1. The van der Waals surface area contributed by atoms with Crippen LogP contribution in [-0.4, -0.2) is 23.5 Å². The molecular weight excluding hydrogens is 316 g/mol. The number of carbonyl (C=O) groups excluding carboxylic acids is 1. The van der Waals surface area contributed by atoms with Gasteiger partial charge in [0.2, 0.25) is 5.91 Å². The van der Waals surface area contributed by atoms with Crippen LogP contribution in [0.5, 0.6) is 5.75 Å². The first kappa shape index (κ1) is 13.8. The minimum absolute atomic E-state index is 0.0411. The summed E-state index contributed by atoms with van der Waals surface area (Å²) >= 11 is 3.25. The molecule has 0 unspecified atom stereocenters. The van der Waals surface area contributed by atoms with Crippen LogP contribution in [0.25, 0.3) is 0 Å². The topological polar surface area (TPSA) is 81.5 Å². The molecule has 1 aliphatic rings. The van der Waals surface area contributed by atoms with Crippen LogP contribution in [-0.2, 0) is 4.79 Å². The number of benzene rings is 1. The van der Waals surface area contributed by atoms with E-state index < -0.39 is 4.92 Å². The van der Waals surface area contributed by atoms with Gasteiger partial charge in [-0.05, 0) is 34.8 Å². The van der Waals surface area contributed by atoms with Crippen molar-refractivity contribution in [1.82, 2.24) is 5.32 Å². The first-order valence-electron chi connectivity index (χ1n) is 5.92. The maximum Gasteiger partial charge on any atom is 0.273 e. The maximum absolute atomic E-state index is 11.4. The van der Waals surface area contributed by atoms with E-state index in [0.29, 0.717) is 16.3 Å². The summed E-state index contributed by atoms with van der Waals surface area (Å²) in [7, 11) is 0. The molecule has 0 aromatic heterocycles. The van der Waals surface area contributed by atoms with Crippen molar-refractivity contribution < 1.29 is 14.5 Å². The highest BCUT2D eigenvalue weighted by atomic mass is 79.9. The Balaban J connectivity index is 1.85. The highest BCUT2D eigenvalue weighted by Gasteiger charge is 2.22. The SMILES string of the molecule is O=C(CCOc1cc([N+](=O)[O-])ccc1Br)NC1CC1. The molecule has 1 aromatic rings. The number of hydrogen-bond acceptors (Lipinski definition) is 4. The normalized spacial score (nSPS) is 13.9. The van der Waals surface area contributed by atoms with E-state index in [-0.39, 0.29) is 24.6 Å². The van der Waals surface area contributed by atoms with Crippen LogP contribution >= 0.6 is 15.9 Å². The van der Waals surface area contributed by atoms with Crippen LogP contribution in [0.1, 0.15) is 19.3 Å². The average molecular weight is 329 g/mol. The van der Waals surface area contributed by atoms with Crippen LogP contribution in [0.2, 0.25) is 0 Å². The fourth-order valence-corrected chi connectivity index (χ4v) is 1.86. The van der Waals surface area contributed by atoms with Crippen LogP contribution in [0.3, 0.4) is 0 Å². The van der Waals surface area contributed by atoms with Crippen molar-refractivity contribution in [2.24, 2.45) is 0 Å². The predicted octanol–water partition coefficient (Wildman–Crippen LogP) is 2.40. The number of rotatable bonds is 6. The summed E-state index contributed by atoms with van der Waals surface area (Å²) < 4.78 is 6.01. The quantitative estimate of drug-likeness (QED) is 0.642. The summed E-state index contributed by atoms with van der Waals surface area (Å²) in [6, 6.07) is 4.61. The molecule has 1 amide bonds. The fourth-order valence-electron chi connectivity index (χ4n) is 1.50. The highest BCUT2D eigenvalue weighted by molar-refractivity contribution is 9.10. The molecule has 1 N–H and O–H groups in total. The lowest BCUT2D eigenvalue weighted by atomic mass is 10.3. The van der Waals surface area contributed by atoms with Crippen LogP contribution in [0.4, 0.5) is 5.69 Å². The van der Waals surface area contributed by atoms with Crippen molar-refractivity contribution in [3.05, 3.63) is 32.8 Å². The second kappa shape index (κ2) is 6.01. The summed E-state index contributed by atoms with van der Waals surface area (Å²) in [5.41, 5.74) is -0.0411. The minimum Gasteiger partial charge on any atom is -0.492 e. The van der Waals surface area contributed by atoms with E-state index in [2.05, 4.69) is 21.2 Å². The van der Waals surface area contributed by atoms with Crippen LogP contribution in [0.15, 0.2) is 22.7 Å². The lowest BCUT2D eigenvalue weighted by molar-refractivity contribution is -0.385. The standard InChI is InChI=1S/C12H13BrN2O4/c13-10-4-3-9(15(17)18)7-11(10)19-6-5-12(16)14-8-1-2-8/h3-4,7-8H,1-2,5-6H2,(H,14,16). The Labute approximate surface area is 118 Å². The van der Waals surface area contributed by atoms with E-state index in [1.54, 1.807) is 6.07 Å². The molecule has 7 heteroatoms. The first-order valence-corrected chi connectivity index (χ1v) is 6.71. The molecule has 1 saturated carbocycles. The number of hydrogen-bond donors (Lipinski definition) is 1. The Bertz CT molecular complexity index is 503. The zero-order valence-electron chi connectivity index (χ0n) is 10.1. The van der Waals surface area contributed by atoms with E-state index >= 15 is 0 Å². The number of nitrogens with one attached hydrogen (secondary N) is 1. The van der Waals surface area contributed by atoms with E-state index in [4.69, 9.17) is 4.74 Å². The van der Waals surface area contributed by atoms with Gasteiger partial charge in [0.1, 0.15) is 5.75 Å². The van der Waals surface area contributed by atoms with Crippen molar-refractivity contribution in [2.45, 2.75) is 25.3 Å². The number of nitro benzene ring substituents is 1. The minimum atomic E-state index is -0.487. The summed E-state index contributed by atoms with van der Waals surface area (Å²) in [5, 5.41) is 13.5. The van der Waals surface area contributed by atoms with E-state index in [0.717, 1.165) is 12.8 Å². The lowest BCUT2D eigenvalue weighted by Crippen LogP contribution is -2.26. The molecule has 0 atom stereocenters. The van der Waals surface area contributed by atoms with Crippen molar-refractivity contribution in [1.29, 1.82) is 0 Å². The summed E-state index contributed by atoms with van der Waals surface area (Å²) in [5.74, 6) is 0.317. The summed E-state index contributed by atoms with van der Waals surface area (Å²) in [6.45, 7) is 0.193. The van der Waals surface area contributed by atoms with Gasteiger partial charge in [-0.1, -0.05) is 0 Å². The van der Waals surface area contributed by atoms with Gasteiger partial charge in [0.05, 0.1) is 28.5 Å². The van der Waals surface area contributed by atoms with Gasteiger partial charge in [0, 0.05) is 12.1 Å². The molecule has 0 spiro atoms. The molecule has 19 heavy (non-hydrogen) atoms. The largest absolute Gasteiger partial charge is 0.492 e. The van der Waals surface area contributed by atoms with Gasteiger partial charge >= 0.3 is 0 Å². The third-order valence-corrected chi connectivity index (χ3v) is 3.31. The molecule has 1 fully saturated rings. The number of nitro groups is 1. The molecule has 1 aromatic carbocycles. The maximum atomic E-state index is 11.4. The third-order valence-electron chi connectivity index (χ3n) is 2.65. The van der Waals surface area contributed by atoms with Crippen molar-refractivity contribution in [2.75, 3.05) is 6.61 Å². The molecule has 2 rings (SSSR count). The van der Waals surface area contributed by atoms with Gasteiger partial charge in [-0.3, -0.25) is 14.9 Å². The Kier molecular flexibility index (Phi) is 4.36. The smallest absolute Gasteiger partial charge is 0.273 e. The van der Waals surface area contributed by atoms with Crippen molar-refractivity contribution in [3.63, 3.8) is 0 Å². The number of halogens is 1. The van der Waals surface area contributed by atoms with Gasteiger partial charge in [0.25, 0.3) is 5.69 Å². The van der Waals surface area contributed by atoms with Gasteiger partial charge in [-0.25, -0.2) is 0 Å². The monoisotopic (exact) mass is 328 g/mol. The number of carbonyl (C=O) groups is 1. The molecule has 0 aliphatic heterocycles. The molecule has 0 bridgehead atoms. The van der Waals surface area contributed by atoms with E-state index in [1.807, 2.05) is 0 Å². The summed E-state index contributed by atoms with van der Waals surface area (Å²) in [6.07, 6.45) is 2.33.